The molecule has 2 atom stereocenters. The molecule has 42 valence electrons. The van der Waals surface area contributed by atoms with E-state index in [4.69, 9.17) is 0 Å². The molecule has 0 aromatic carbocycles. The van der Waals surface area contributed by atoms with Gasteiger partial charge in [0.15, 0.2) is 0 Å². The van der Waals surface area contributed by atoms with Gasteiger partial charge in [-0.1, -0.05) is 45.2 Å². The van der Waals surface area contributed by atoms with Gasteiger partial charge in [-0.2, -0.15) is 0 Å². The Bertz CT molecular complexity index is 55.1. The summed E-state index contributed by atoms with van der Waals surface area (Å²) in [6.45, 7) is 0. The molecule has 0 N–H and O–H groups in total. The highest BCUT2D eigenvalue weighted by atomic mass is 127. The maximum Gasteiger partial charge on any atom is 0.0120 e. The lowest BCUT2D eigenvalue weighted by Crippen LogP contribution is -1.88. The molecule has 0 nitrogen and oxygen atoms in total. The van der Waals surface area contributed by atoms with Gasteiger partial charge in [-0.3, -0.25) is 0 Å². The Morgan fingerprint density at radius 2 is 1.43 bits per heavy atom. The maximum absolute atomic E-state index is 2.54. The Hall–Kier alpha value is 1.46. The van der Waals surface area contributed by atoms with Gasteiger partial charge in [0.2, 0.25) is 0 Å². The highest BCUT2D eigenvalue weighted by Gasteiger charge is 2.18. The Labute approximate surface area is 71.7 Å². The molecular formula is C5H8I2. The smallest absolute Gasteiger partial charge is 0.0120 e. The Balaban J connectivity index is 2.26. The first kappa shape index (κ1) is 6.58. The fourth-order valence-corrected chi connectivity index (χ4v) is 3.79. The van der Waals surface area contributed by atoms with Crippen LogP contribution < -0.4 is 0 Å². The first-order chi connectivity index (χ1) is 3.29. The summed E-state index contributed by atoms with van der Waals surface area (Å²) < 4.78 is 1.97. The van der Waals surface area contributed by atoms with Crippen molar-refractivity contribution in [2.75, 3.05) is 0 Å². The minimum Gasteiger partial charge on any atom is -0.0826 e. The number of hydrogen-bond acceptors (Lipinski definition) is 0. The fraction of sp³-hybridized carbons (Fsp3) is 1.00. The van der Waals surface area contributed by atoms with Crippen LogP contribution in [0, 0.1) is 0 Å². The van der Waals surface area contributed by atoms with Crippen LogP contribution in [0.3, 0.4) is 0 Å². The quantitative estimate of drug-likeness (QED) is 0.475. The number of halogens is 2. The van der Waals surface area contributed by atoms with Crippen molar-refractivity contribution in [3.63, 3.8) is 0 Å². The van der Waals surface area contributed by atoms with Gasteiger partial charge in [-0.05, 0) is 19.3 Å². The van der Waals surface area contributed by atoms with Crippen LogP contribution in [-0.4, -0.2) is 7.85 Å². The normalized spacial score (nSPS) is 42.0. The van der Waals surface area contributed by atoms with Crippen LogP contribution in [0.4, 0.5) is 0 Å². The molecule has 0 aromatic heterocycles. The molecule has 0 aromatic rings. The SMILES string of the molecule is IC1CCC(I)C1. The van der Waals surface area contributed by atoms with Gasteiger partial charge in [0.05, 0.1) is 0 Å². The highest BCUT2D eigenvalue weighted by molar-refractivity contribution is 14.1. The zero-order valence-corrected chi connectivity index (χ0v) is 8.35. The van der Waals surface area contributed by atoms with Crippen molar-refractivity contribution >= 4 is 45.2 Å². The zero-order valence-electron chi connectivity index (χ0n) is 4.03. The van der Waals surface area contributed by atoms with Gasteiger partial charge in [-0.15, -0.1) is 0 Å². The van der Waals surface area contributed by atoms with Crippen molar-refractivity contribution in [1.82, 2.24) is 0 Å². The van der Waals surface area contributed by atoms with Gasteiger partial charge < -0.3 is 0 Å². The molecule has 2 unspecified atom stereocenters. The Morgan fingerprint density at radius 3 is 1.57 bits per heavy atom. The molecule has 0 saturated heterocycles. The first-order valence-electron chi connectivity index (χ1n) is 2.57. The average molecular weight is 322 g/mol. The third kappa shape index (κ3) is 2.03. The summed E-state index contributed by atoms with van der Waals surface area (Å²) in [5.74, 6) is 0. The summed E-state index contributed by atoms with van der Waals surface area (Å²) in [5, 5.41) is 0. The molecule has 1 fully saturated rings. The monoisotopic (exact) mass is 322 g/mol. The van der Waals surface area contributed by atoms with Crippen molar-refractivity contribution < 1.29 is 0 Å². The van der Waals surface area contributed by atoms with Gasteiger partial charge in [0, 0.05) is 7.85 Å². The second-order valence-corrected chi connectivity index (χ2v) is 5.53. The van der Waals surface area contributed by atoms with Crippen LogP contribution in [0.2, 0.25) is 0 Å². The first-order valence-corrected chi connectivity index (χ1v) is 5.06. The van der Waals surface area contributed by atoms with Crippen LogP contribution >= 0.6 is 45.2 Å². The molecule has 7 heavy (non-hydrogen) atoms. The van der Waals surface area contributed by atoms with E-state index in [1.54, 1.807) is 0 Å². The van der Waals surface area contributed by atoms with Crippen LogP contribution in [0.25, 0.3) is 0 Å². The molecule has 1 aliphatic carbocycles. The van der Waals surface area contributed by atoms with Crippen molar-refractivity contribution in [3.05, 3.63) is 0 Å². The molecule has 0 radical (unpaired) electrons. The molecule has 0 heterocycles. The van der Waals surface area contributed by atoms with Crippen LogP contribution in [0.1, 0.15) is 19.3 Å². The molecule has 1 aliphatic rings. The van der Waals surface area contributed by atoms with Crippen molar-refractivity contribution in [2.24, 2.45) is 0 Å². The minimum atomic E-state index is 0.986. The van der Waals surface area contributed by atoms with E-state index in [-0.39, 0.29) is 0 Å². The second kappa shape index (κ2) is 2.85. The van der Waals surface area contributed by atoms with Crippen molar-refractivity contribution in [2.45, 2.75) is 27.1 Å². The fourth-order valence-electron chi connectivity index (χ4n) is 0.875. The second-order valence-electron chi connectivity index (χ2n) is 2.01. The van der Waals surface area contributed by atoms with Crippen LogP contribution in [0.15, 0.2) is 0 Å². The lowest BCUT2D eigenvalue weighted by atomic mass is 10.4. The largest absolute Gasteiger partial charge is 0.0826 e. The van der Waals surface area contributed by atoms with E-state index in [1.807, 2.05) is 0 Å². The summed E-state index contributed by atoms with van der Waals surface area (Å²) >= 11 is 5.08. The van der Waals surface area contributed by atoms with Gasteiger partial charge in [0.1, 0.15) is 0 Å². The average Bonchev–Trinajstić information content (AvgIpc) is 1.87. The number of hydrogen-bond donors (Lipinski definition) is 0. The molecular weight excluding hydrogens is 314 g/mol. The summed E-state index contributed by atoms with van der Waals surface area (Å²) in [6, 6.07) is 0. The highest BCUT2D eigenvalue weighted by Crippen LogP contribution is 2.30. The molecule has 0 amide bonds. The van der Waals surface area contributed by atoms with E-state index >= 15 is 0 Å². The Morgan fingerprint density at radius 1 is 1.00 bits per heavy atom. The third-order valence-corrected chi connectivity index (χ3v) is 3.57. The van der Waals surface area contributed by atoms with E-state index in [2.05, 4.69) is 45.2 Å². The van der Waals surface area contributed by atoms with E-state index in [1.165, 1.54) is 19.3 Å². The maximum atomic E-state index is 2.54. The van der Waals surface area contributed by atoms with Crippen molar-refractivity contribution in [3.8, 4) is 0 Å². The lowest BCUT2D eigenvalue weighted by Gasteiger charge is -1.93. The summed E-state index contributed by atoms with van der Waals surface area (Å²) in [5.41, 5.74) is 0. The van der Waals surface area contributed by atoms with Crippen LogP contribution in [0.5, 0.6) is 0 Å². The standard InChI is InChI=1S/C5H8I2/c6-4-1-2-5(7)3-4/h4-5H,1-3H2. The van der Waals surface area contributed by atoms with E-state index in [9.17, 15) is 0 Å². The lowest BCUT2D eigenvalue weighted by molar-refractivity contribution is 0.926. The molecule has 1 saturated carbocycles. The number of alkyl halides is 2. The van der Waals surface area contributed by atoms with E-state index < -0.39 is 0 Å². The predicted molar refractivity (Wildman–Crippen MR) is 49.5 cm³/mol. The molecule has 0 spiro atoms. The number of rotatable bonds is 0. The topological polar surface area (TPSA) is 0 Å². The van der Waals surface area contributed by atoms with Gasteiger partial charge in [0.25, 0.3) is 0 Å². The van der Waals surface area contributed by atoms with Gasteiger partial charge >= 0.3 is 0 Å². The van der Waals surface area contributed by atoms with E-state index in [0.717, 1.165) is 7.85 Å². The van der Waals surface area contributed by atoms with Crippen molar-refractivity contribution in [1.29, 1.82) is 0 Å². The van der Waals surface area contributed by atoms with Crippen LogP contribution in [-0.2, 0) is 0 Å². The predicted octanol–water partition coefficient (Wildman–Crippen LogP) is 2.78. The summed E-state index contributed by atoms with van der Waals surface area (Å²) in [4.78, 5) is 0. The molecule has 2 heteroatoms. The molecule has 0 aliphatic heterocycles. The minimum absolute atomic E-state index is 0.986. The third-order valence-electron chi connectivity index (χ3n) is 1.30. The summed E-state index contributed by atoms with van der Waals surface area (Å²) in [7, 11) is 0. The Kier molecular flexibility index (Phi) is 2.67. The molecule has 1 rings (SSSR count). The summed E-state index contributed by atoms with van der Waals surface area (Å²) in [6.07, 6.45) is 4.35. The van der Waals surface area contributed by atoms with Gasteiger partial charge in [-0.25, -0.2) is 0 Å². The van der Waals surface area contributed by atoms with E-state index in [0.29, 0.717) is 0 Å². The molecule has 0 bridgehead atoms. The zero-order chi connectivity index (χ0) is 5.28.